The molecule has 1 saturated carbocycles. The Labute approximate surface area is 119 Å². The molecule has 6 heteroatoms. The quantitative estimate of drug-likeness (QED) is 0.926. The second-order valence-electron chi connectivity index (χ2n) is 5.77. The van der Waals surface area contributed by atoms with E-state index in [2.05, 4.69) is 24.1 Å². The van der Waals surface area contributed by atoms with Gasteiger partial charge in [-0.3, -0.25) is 0 Å². The minimum Gasteiger partial charge on any atom is -0.302 e. The van der Waals surface area contributed by atoms with Crippen molar-refractivity contribution in [3.63, 3.8) is 0 Å². The van der Waals surface area contributed by atoms with E-state index < -0.39 is 15.4 Å². The number of sulfone groups is 1. The number of thiazole rings is 1. The number of hydrogen-bond donors (Lipinski definition) is 1. The van der Waals surface area contributed by atoms with Crippen LogP contribution in [0.4, 0.5) is 0 Å². The molecule has 2 atom stereocenters. The fourth-order valence-electron chi connectivity index (χ4n) is 3.10. The van der Waals surface area contributed by atoms with Gasteiger partial charge in [0.2, 0.25) is 0 Å². The summed E-state index contributed by atoms with van der Waals surface area (Å²) in [5.74, 6) is 0. The molecule has 0 radical (unpaired) electrons. The van der Waals surface area contributed by atoms with Crippen LogP contribution in [0.5, 0.6) is 0 Å². The molecule has 0 saturated heterocycles. The van der Waals surface area contributed by atoms with Crippen LogP contribution in [0.25, 0.3) is 0 Å². The maximum atomic E-state index is 12.1. The summed E-state index contributed by atoms with van der Waals surface area (Å²) in [6.45, 7) is 6.06. The summed E-state index contributed by atoms with van der Waals surface area (Å²) < 4.78 is 24.3. The van der Waals surface area contributed by atoms with Crippen LogP contribution in [-0.4, -0.2) is 30.9 Å². The molecule has 1 aromatic rings. The monoisotopic (exact) mass is 302 g/mol. The van der Waals surface area contributed by atoms with Crippen LogP contribution < -0.4 is 5.32 Å². The maximum absolute atomic E-state index is 12.1. The van der Waals surface area contributed by atoms with Gasteiger partial charge in [0.1, 0.15) is 5.01 Å². The van der Waals surface area contributed by atoms with E-state index in [1.165, 1.54) is 6.26 Å². The number of aromatic nitrogens is 1. The largest absolute Gasteiger partial charge is 0.302 e. The highest BCUT2D eigenvalue weighted by atomic mass is 32.2. The Bertz CT molecular complexity index is 551. The van der Waals surface area contributed by atoms with Gasteiger partial charge < -0.3 is 5.32 Å². The molecule has 108 valence electrons. The van der Waals surface area contributed by atoms with Crippen molar-refractivity contribution in [2.24, 2.45) is 0 Å². The van der Waals surface area contributed by atoms with Gasteiger partial charge in [0.15, 0.2) is 9.84 Å². The number of aryl methyl sites for hydroxylation is 1. The number of rotatable bonds is 4. The second kappa shape index (κ2) is 5.14. The van der Waals surface area contributed by atoms with Crippen molar-refractivity contribution in [1.29, 1.82) is 0 Å². The van der Waals surface area contributed by atoms with Gasteiger partial charge >= 0.3 is 0 Å². The van der Waals surface area contributed by atoms with Crippen molar-refractivity contribution >= 4 is 21.2 Å². The lowest BCUT2D eigenvalue weighted by Gasteiger charge is -2.35. The van der Waals surface area contributed by atoms with Gasteiger partial charge in [0, 0.05) is 23.4 Å². The lowest BCUT2D eigenvalue weighted by molar-refractivity contribution is 0.311. The number of nitrogens with zero attached hydrogens (tertiary/aromatic N) is 1. The van der Waals surface area contributed by atoms with Crippen LogP contribution in [0, 0.1) is 6.92 Å². The average Bonchev–Trinajstić information content (AvgIpc) is 2.83. The fourth-order valence-corrected chi connectivity index (χ4v) is 5.84. The minimum atomic E-state index is -3.09. The first kappa shape index (κ1) is 14.9. The molecular formula is C13H22N2O2S2. The van der Waals surface area contributed by atoms with Crippen LogP contribution in [-0.2, 0) is 15.4 Å². The summed E-state index contributed by atoms with van der Waals surface area (Å²) in [6.07, 6.45) is 3.84. The Morgan fingerprint density at radius 3 is 2.68 bits per heavy atom. The first-order valence-corrected chi connectivity index (χ1v) is 9.48. The highest BCUT2D eigenvalue weighted by molar-refractivity contribution is 7.91. The molecule has 1 aliphatic rings. The van der Waals surface area contributed by atoms with Gasteiger partial charge in [-0.05, 0) is 40.0 Å². The Kier molecular flexibility index (Phi) is 4.05. The molecule has 1 N–H and O–H groups in total. The van der Waals surface area contributed by atoms with Crippen LogP contribution in [0.3, 0.4) is 0 Å². The highest BCUT2D eigenvalue weighted by Gasteiger charge is 2.51. The topological polar surface area (TPSA) is 59.1 Å². The van der Waals surface area contributed by atoms with E-state index >= 15 is 0 Å². The van der Waals surface area contributed by atoms with Crippen LogP contribution in [0.1, 0.15) is 43.8 Å². The molecule has 0 amide bonds. The first-order valence-electron chi connectivity index (χ1n) is 6.65. The van der Waals surface area contributed by atoms with Crippen molar-refractivity contribution in [2.45, 2.75) is 56.9 Å². The van der Waals surface area contributed by atoms with Crippen molar-refractivity contribution < 1.29 is 8.42 Å². The van der Waals surface area contributed by atoms with E-state index in [-0.39, 0.29) is 11.3 Å². The molecular weight excluding hydrogens is 280 g/mol. The summed E-state index contributed by atoms with van der Waals surface area (Å²) in [7, 11) is -3.09. The van der Waals surface area contributed by atoms with E-state index in [0.29, 0.717) is 0 Å². The van der Waals surface area contributed by atoms with E-state index in [0.717, 1.165) is 30.0 Å². The minimum absolute atomic E-state index is 0.228. The third-order valence-corrected chi connectivity index (χ3v) is 6.46. The zero-order chi connectivity index (χ0) is 14.3. The summed E-state index contributed by atoms with van der Waals surface area (Å²) >= 11 is 1.57. The molecule has 1 aromatic heterocycles. The lowest BCUT2D eigenvalue weighted by atomic mass is 9.96. The third-order valence-electron chi connectivity index (χ3n) is 3.65. The van der Waals surface area contributed by atoms with Crippen LogP contribution in [0.15, 0.2) is 5.38 Å². The Morgan fingerprint density at radius 2 is 2.21 bits per heavy atom. The highest BCUT2D eigenvalue weighted by Crippen LogP contribution is 2.44. The SMILES string of the molecule is Cc1csc(C2(NC(C)C)CCCC2S(C)(=O)=O)n1. The maximum Gasteiger partial charge on any atom is 0.152 e. The molecule has 1 fully saturated rings. The average molecular weight is 302 g/mol. The zero-order valence-corrected chi connectivity index (χ0v) is 13.6. The Morgan fingerprint density at radius 1 is 1.53 bits per heavy atom. The second-order valence-corrected chi connectivity index (χ2v) is 8.86. The normalized spacial score (nSPS) is 28.2. The molecule has 0 bridgehead atoms. The van der Waals surface area contributed by atoms with E-state index in [9.17, 15) is 8.42 Å². The predicted octanol–water partition coefficient (Wildman–Crippen LogP) is 2.24. The zero-order valence-electron chi connectivity index (χ0n) is 11.9. The first-order chi connectivity index (χ1) is 8.75. The molecule has 0 spiro atoms. The summed E-state index contributed by atoms with van der Waals surface area (Å²) in [5, 5.41) is 6.06. The standard InChI is InChI=1S/C13H22N2O2S2/c1-9(2)15-13(12-14-10(3)8-18-12)7-5-6-11(13)19(4,16)17/h8-9,11,15H,5-7H2,1-4H3. The smallest absolute Gasteiger partial charge is 0.152 e. The molecule has 19 heavy (non-hydrogen) atoms. The van der Waals surface area contributed by atoms with Gasteiger partial charge in [-0.15, -0.1) is 11.3 Å². The fraction of sp³-hybridized carbons (Fsp3) is 0.769. The van der Waals surface area contributed by atoms with Crippen molar-refractivity contribution in [2.75, 3.05) is 6.26 Å². The van der Waals surface area contributed by atoms with Gasteiger partial charge in [-0.1, -0.05) is 0 Å². The van der Waals surface area contributed by atoms with Crippen molar-refractivity contribution in [3.05, 3.63) is 16.1 Å². The molecule has 4 nitrogen and oxygen atoms in total. The molecule has 1 aliphatic carbocycles. The van der Waals surface area contributed by atoms with E-state index in [4.69, 9.17) is 0 Å². The Hall–Kier alpha value is -0.460. The molecule has 0 aliphatic heterocycles. The molecule has 1 heterocycles. The van der Waals surface area contributed by atoms with Crippen LogP contribution in [0.2, 0.25) is 0 Å². The number of hydrogen-bond acceptors (Lipinski definition) is 5. The lowest BCUT2D eigenvalue weighted by Crippen LogP contribution is -2.53. The predicted molar refractivity (Wildman–Crippen MR) is 79.3 cm³/mol. The van der Waals surface area contributed by atoms with Gasteiger partial charge in [0.25, 0.3) is 0 Å². The number of nitrogens with one attached hydrogen (secondary N) is 1. The molecule has 2 rings (SSSR count). The summed E-state index contributed by atoms with van der Waals surface area (Å²) in [6, 6.07) is 0.228. The summed E-state index contributed by atoms with van der Waals surface area (Å²) in [5.41, 5.74) is 0.463. The van der Waals surface area contributed by atoms with E-state index in [1.807, 2.05) is 12.3 Å². The van der Waals surface area contributed by atoms with Crippen LogP contribution >= 0.6 is 11.3 Å². The van der Waals surface area contributed by atoms with Crippen molar-refractivity contribution in [3.8, 4) is 0 Å². The Balaban J connectivity index is 2.51. The molecule has 2 unspecified atom stereocenters. The van der Waals surface area contributed by atoms with Gasteiger partial charge in [0.05, 0.1) is 10.8 Å². The van der Waals surface area contributed by atoms with Crippen molar-refractivity contribution in [1.82, 2.24) is 10.3 Å². The van der Waals surface area contributed by atoms with Gasteiger partial charge in [-0.2, -0.15) is 0 Å². The van der Waals surface area contributed by atoms with E-state index in [1.54, 1.807) is 11.3 Å². The molecule has 0 aromatic carbocycles. The third kappa shape index (κ3) is 2.85. The summed E-state index contributed by atoms with van der Waals surface area (Å²) in [4.78, 5) is 4.57. The van der Waals surface area contributed by atoms with Gasteiger partial charge in [-0.25, -0.2) is 13.4 Å².